The van der Waals surface area contributed by atoms with Crippen LogP contribution in [0.25, 0.3) is 21.9 Å². The Labute approximate surface area is 152 Å². The van der Waals surface area contributed by atoms with Crippen molar-refractivity contribution in [3.8, 4) is 11.1 Å². The molecule has 4 rings (SSSR count). The first-order valence-corrected chi connectivity index (χ1v) is 8.72. The first kappa shape index (κ1) is 16.5. The van der Waals surface area contributed by atoms with Gasteiger partial charge in [0.1, 0.15) is 5.82 Å². The van der Waals surface area contributed by atoms with Crippen molar-refractivity contribution in [3.05, 3.63) is 42.9 Å². The molecule has 1 aliphatic heterocycles. The number of likely N-dealkylation sites (N-methyl/N-ethyl adjacent to an activating group) is 1. The molecule has 1 saturated heterocycles. The van der Waals surface area contributed by atoms with Crippen molar-refractivity contribution in [2.24, 2.45) is 7.05 Å². The minimum atomic E-state index is -0.0895. The molecule has 26 heavy (non-hydrogen) atoms. The van der Waals surface area contributed by atoms with Gasteiger partial charge in [-0.05, 0) is 30.1 Å². The third kappa shape index (κ3) is 3.39. The highest BCUT2D eigenvalue weighted by molar-refractivity contribution is 5.93. The zero-order valence-corrected chi connectivity index (χ0v) is 15.0. The average Bonchev–Trinajstić information content (AvgIpc) is 3.08. The van der Waals surface area contributed by atoms with E-state index in [1.165, 1.54) is 0 Å². The lowest BCUT2D eigenvalue weighted by molar-refractivity contribution is 0.164. The van der Waals surface area contributed by atoms with Gasteiger partial charge in [-0.3, -0.25) is 10.00 Å². The number of amides is 2. The molecule has 2 aromatic heterocycles. The highest BCUT2D eigenvalue weighted by atomic mass is 16.2. The number of fused-ring (bicyclic) bond motifs is 1. The Balaban J connectivity index is 1.55. The van der Waals surface area contributed by atoms with Gasteiger partial charge in [0, 0.05) is 56.6 Å². The fourth-order valence-corrected chi connectivity index (χ4v) is 3.16. The molecule has 134 valence electrons. The number of carbonyl (C=O) groups excluding carboxylic acids is 1. The normalized spacial score (nSPS) is 15.4. The summed E-state index contributed by atoms with van der Waals surface area (Å²) in [5.41, 5.74) is 2.15. The second-order valence-electron chi connectivity index (χ2n) is 6.75. The average molecular weight is 350 g/mol. The van der Waals surface area contributed by atoms with Crippen molar-refractivity contribution in [3.63, 3.8) is 0 Å². The molecule has 1 aromatic carbocycles. The molecule has 1 fully saturated rings. The second kappa shape index (κ2) is 6.76. The Morgan fingerprint density at radius 3 is 2.54 bits per heavy atom. The second-order valence-corrected chi connectivity index (χ2v) is 6.75. The number of urea groups is 1. The van der Waals surface area contributed by atoms with Crippen LogP contribution in [0.3, 0.4) is 0 Å². The molecule has 1 N–H and O–H groups in total. The van der Waals surface area contributed by atoms with E-state index in [0.29, 0.717) is 5.82 Å². The van der Waals surface area contributed by atoms with Crippen LogP contribution in [0.15, 0.2) is 42.9 Å². The summed E-state index contributed by atoms with van der Waals surface area (Å²) < 4.78 is 1.79. The topological polar surface area (TPSA) is 66.3 Å². The van der Waals surface area contributed by atoms with Crippen LogP contribution in [0.2, 0.25) is 0 Å². The number of nitrogens with one attached hydrogen (secondary N) is 1. The van der Waals surface area contributed by atoms with E-state index in [2.05, 4.69) is 39.5 Å². The third-order valence-corrected chi connectivity index (χ3v) is 4.79. The summed E-state index contributed by atoms with van der Waals surface area (Å²) in [7, 11) is 3.97. The van der Waals surface area contributed by atoms with Gasteiger partial charge < -0.3 is 9.80 Å². The zero-order valence-electron chi connectivity index (χ0n) is 15.0. The number of nitrogens with zero attached hydrogens (tertiary/aromatic N) is 5. The van der Waals surface area contributed by atoms with Gasteiger partial charge in [0.15, 0.2) is 0 Å². The molecular weight excluding hydrogens is 328 g/mol. The Bertz CT molecular complexity index is 942. The molecule has 2 amide bonds. The standard InChI is InChI=1S/C19H22N6O/c1-23-5-7-25(8-6-23)19(26)22-18-10-16-9-14(3-4-15(16)11-20-18)17-12-21-24(2)13-17/h3-4,9-13H,5-8H2,1-2H3,(H,20,22,26). The Morgan fingerprint density at radius 1 is 1.00 bits per heavy atom. The summed E-state index contributed by atoms with van der Waals surface area (Å²) >= 11 is 0. The number of rotatable bonds is 2. The van der Waals surface area contributed by atoms with Gasteiger partial charge in [-0.1, -0.05) is 12.1 Å². The molecule has 7 heteroatoms. The molecule has 3 aromatic rings. The highest BCUT2D eigenvalue weighted by Crippen LogP contribution is 2.25. The quantitative estimate of drug-likeness (QED) is 0.771. The third-order valence-electron chi connectivity index (χ3n) is 4.79. The number of hydrogen-bond acceptors (Lipinski definition) is 4. The van der Waals surface area contributed by atoms with Gasteiger partial charge >= 0.3 is 6.03 Å². The van der Waals surface area contributed by atoms with E-state index in [1.807, 2.05) is 36.5 Å². The van der Waals surface area contributed by atoms with Crippen molar-refractivity contribution < 1.29 is 4.79 Å². The van der Waals surface area contributed by atoms with Gasteiger partial charge in [-0.15, -0.1) is 0 Å². The zero-order chi connectivity index (χ0) is 18.1. The first-order chi connectivity index (χ1) is 12.6. The Hall–Kier alpha value is -2.93. The summed E-state index contributed by atoms with van der Waals surface area (Å²) in [4.78, 5) is 20.9. The molecular formula is C19H22N6O. The number of carbonyl (C=O) groups is 1. The monoisotopic (exact) mass is 350 g/mol. The van der Waals surface area contributed by atoms with Crippen molar-refractivity contribution in [2.75, 3.05) is 38.5 Å². The van der Waals surface area contributed by atoms with Gasteiger partial charge in [0.25, 0.3) is 0 Å². The van der Waals surface area contributed by atoms with Crippen LogP contribution in [0.5, 0.6) is 0 Å². The molecule has 0 unspecified atom stereocenters. The lowest BCUT2D eigenvalue weighted by atomic mass is 10.1. The van der Waals surface area contributed by atoms with Crippen LogP contribution in [0.1, 0.15) is 0 Å². The smallest absolute Gasteiger partial charge is 0.322 e. The van der Waals surface area contributed by atoms with Crippen LogP contribution < -0.4 is 5.32 Å². The predicted molar refractivity (Wildman–Crippen MR) is 102 cm³/mol. The van der Waals surface area contributed by atoms with Crippen molar-refractivity contribution >= 4 is 22.6 Å². The molecule has 0 spiro atoms. The lowest BCUT2D eigenvalue weighted by Gasteiger charge is -2.32. The minimum Gasteiger partial charge on any atom is -0.322 e. The molecule has 0 bridgehead atoms. The molecule has 3 heterocycles. The molecule has 7 nitrogen and oxygen atoms in total. The molecule has 0 atom stereocenters. The highest BCUT2D eigenvalue weighted by Gasteiger charge is 2.19. The number of hydrogen-bond donors (Lipinski definition) is 1. The Kier molecular flexibility index (Phi) is 4.30. The fraction of sp³-hybridized carbons (Fsp3) is 0.316. The SMILES string of the molecule is CN1CCN(C(=O)Nc2cc3cc(-c4cnn(C)c4)ccc3cn2)CC1. The molecule has 0 radical (unpaired) electrons. The first-order valence-electron chi connectivity index (χ1n) is 8.72. The maximum atomic E-state index is 12.4. The molecule has 1 aliphatic rings. The van der Waals surface area contributed by atoms with Crippen molar-refractivity contribution in [1.82, 2.24) is 24.6 Å². The van der Waals surface area contributed by atoms with Gasteiger partial charge in [-0.25, -0.2) is 9.78 Å². The van der Waals surface area contributed by atoms with E-state index in [1.54, 1.807) is 10.9 Å². The van der Waals surface area contributed by atoms with E-state index in [0.717, 1.165) is 48.1 Å². The number of piperazine rings is 1. The van der Waals surface area contributed by atoms with E-state index >= 15 is 0 Å². The van der Waals surface area contributed by atoms with Crippen molar-refractivity contribution in [1.29, 1.82) is 0 Å². The summed E-state index contributed by atoms with van der Waals surface area (Å²) in [6.45, 7) is 3.27. The Morgan fingerprint density at radius 2 is 1.81 bits per heavy atom. The van der Waals surface area contributed by atoms with Crippen LogP contribution in [0, 0.1) is 0 Å². The van der Waals surface area contributed by atoms with Crippen molar-refractivity contribution in [2.45, 2.75) is 0 Å². The number of aryl methyl sites for hydroxylation is 1. The van der Waals surface area contributed by atoms with Gasteiger partial charge in [0.05, 0.1) is 6.20 Å². The number of aromatic nitrogens is 3. The predicted octanol–water partition coefficient (Wildman–Crippen LogP) is 2.41. The van der Waals surface area contributed by atoms with Crippen LogP contribution in [-0.2, 0) is 7.05 Å². The summed E-state index contributed by atoms with van der Waals surface area (Å²) in [6.07, 6.45) is 5.62. The summed E-state index contributed by atoms with van der Waals surface area (Å²) in [5, 5.41) is 9.22. The minimum absolute atomic E-state index is 0.0895. The van der Waals surface area contributed by atoms with Gasteiger partial charge in [-0.2, -0.15) is 5.10 Å². The van der Waals surface area contributed by atoms with E-state index in [9.17, 15) is 4.79 Å². The molecule has 0 aliphatic carbocycles. The maximum absolute atomic E-state index is 12.4. The van der Waals surface area contributed by atoms with E-state index in [-0.39, 0.29) is 6.03 Å². The van der Waals surface area contributed by atoms with Crippen LogP contribution in [-0.4, -0.2) is 63.8 Å². The number of pyridine rings is 1. The van der Waals surface area contributed by atoms with E-state index < -0.39 is 0 Å². The maximum Gasteiger partial charge on any atom is 0.323 e. The van der Waals surface area contributed by atoms with Crippen LogP contribution >= 0.6 is 0 Å². The van der Waals surface area contributed by atoms with Gasteiger partial charge in [0.2, 0.25) is 0 Å². The van der Waals surface area contributed by atoms with E-state index in [4.69, 9.17) is 0 Å². The van der Waals surface area contributed by atoms with Crippen LogP contribution in [0.4, 0.5) is 10.6 Å². The summed E-state index contributed by atoms with van der Waals surface area (Å²) in [5.74, 6) is 0.574. The molecule has 0 saturated carbocycles. The fourth-order valence-electron chi connectivity index (χ4n) is 3.16. The number of benzene rings is 1. The summed E-state index contributed by atoms with van der Waals surface area (Å²) in [6, 6.07) is 8.02. The largest absolute Gasteiger partial charge is 0.323 e. The number of anilines is 1. The lowest BCUT2D eigenvalue weighted by Crippen LogP contribution is -2.48.